The highest BCUT2D eigenvalue weighted by molar-refractivity contribution is 6.30. The molecular formula is C24H24ClN3O4. The lowest BCUT2D eigenvalue weighted by Gasteiger charge is -2.28. The number of rotatable bonds is 6. The van der Waals surface area contributed by atoms with Gasteiger partial charge in [-0.2, -0.15) is 5.10 Å². The largest absolute Gasteiger partial charge is 0.497 e. The molecule has 0 N–H and O–H groups in total. The first-order valence-electron chi connectivity index (χ1n) is 10.4. The second-order valence-electron chi connectivity index (χ2n) is 7.47. The molecule has 1 amide bonds. The molecule has 0 fully saturated rings. The normalized spacial score (nSPS) is 12.9. The molecule has 1 aromatic heterocycles. The third-order valence-corrected chi connectivity index (χ3v) is 5.72. The third kappa shape index (κ3) is 4.48. The molecule has 0 radical (unpaired) electrons. The maximum Gasteiger partial charge on any atom is 0.359 e. The molecule has 2 heterocycles. The van der Waals surface area contributed by atoms with Crippen LogP contribution < -0.4 is 4.74 Å². The van der Waals surface area contributed by atoms with E-state index in [1.807, 2.05) is 36.4 Å². The van der Waals surface area contributed by atoms with Crippen LogP contribution in [-0.4, -0.2) is 46.8 Å². The lowest BCUT2D eigenvalue weighted by molar-refractivity contribution is -0.131. The van der Waals surface area contributed by atoms with Gasteiger partial charge >= 0.3 is 5.97 Å². The van der Waals surface area contributed by atoms with Crippen LogP contribution in [0.4, 0.5) is 0 Å². The summed E-state index contributed by atoms with van der Waals surface area (Å²) >= 11 is 5.94. The molecule has 0 saturated heterocycles. The number of benzene rings is 2. The van der Waals surface area contributed by atoms with E-state index in [9.17, 15) is 9.59 Å². The van der Waals surface area contributed by atoms with E-state index in [1.54, 1.807) is 35.7 Å². The molecule has 166 valence electrons. The number of fused-ring (bicyclic) bond motifs is 1. The fourth-order valence-corrected chi connectivity index (χ4v) is 3.95. The van der Waals surface area contributed by atoms with Crippen molar-refractivity contribution in [3.8, 4) is 11.4 Å². The quantitative estimate of drug-likeness (QED) is 0.530. The molecule has 7 nitrogen and oxygen atoms in total. The van der Waals surface area contributed by atoms with Gasteiger partial charge in [0.1, 0.15) is 5.75 Å². The highest BCUT2D eigenvalue weighted by atomic mass is 35.5. The monoisotopic (exact) mass is 453 g/mol. The van der Waals surface area contributed by atoms with Gasteiger partial charge in [0.05, 0.1) is 31.5 Å². The molecule has 0 aliphatic carbocycles. The predicted molar refractivity (Wildman–Crippen MR) is 120 cm³/mol. The van der Waals surface area contributed by atoms with Gasteiger partial charge in [-0.3, -0.25) is 4.79 Å². The van der Waals surface area contributed by atoms with Crippen LogP contribution in [0, 0.1) is 0 Å². The fourth-order valence-electron chi connectivity index (χ4n) is 3.82. The number of hydrogen-bond acceptors (Lipinski definition) is 5. The number of nitrogens with zero attached hydrogens (tertiary/aromatic N) is 3. The van der Waals surface area contributed by atoms with Gasteiger partial charge in [0, 0.05) is 30.1 Å². The molecule has 1 aliphatic heterocycles. The standard InChI is InChI=1S/C24H24ClN3O4/c1-3-32-24(30)23-20-15-27(22(29)14-16-4-6-17(25)7-5-16)13-12-21(20)28(26-23)18-8-10-19(31-2)11-9-18/h4-11H,3,12-15H2,1-2H3. The van der Waals surface area contributed by atoms with E-state index < -0.39 is 5.97 Å². The Morgan fingerprint density at radius 1 is 1.09 bits per heavy atom. The highest BCUT2D eigenvalue weighted by Gasteiger charge is 2.31. The first-order valence-corrected chi connectivity index (χ1v) is 10.8. The Morgan fingerprint density at radius 3 is 2.47 bits per heavy atom. The summed E-state index contributed by atoms with van der Waals surface area (Å²) in [6.07, 6.45) is 0.855. The number of halogens is 1. The summed E-state index contributed by atoms with van der Waals surface area (Å²) < 4.78 is 12.2. The molecule has 0 bridgehead atoms. The Hall–Kier alpha value is -3.32. The molecule has 8 heteroatoms. The third-order valence-electron chi connectivity index (χ3n) is 5.46. The number of hydrogen-bond donors (Lipinski definition) is 0. The molecule has 0 spiro atoms. The Morgan fingerprint density at radius 2 is 1.81 bits per heavy atom. The van der Waals surface area contributed by atoms with E-state index in [4.69, 9.17) is 21.1 Å². The summed E-state index contributed by atoms with van der Waals surface area (Å²) in [5.74, 6) is 0.243. The summed E-state index contributed by atoms with van der Waals surface area (Å²) in [6, 6.07) is 14.7. The number of carbonyl (C=O) groups excluding carboxylic acids is 2. The van der Waals surface area contributed by atoms with Crippen molar-refractivity contribution in [2.45, 2.75) is 26.3 Å². The topological polar surface area (TPSA) is 73.7 Å². The van der Waals surface area contributed by atoms with E-state index >= 15 is 0 Å². The van der Waals surface area contributed by atoms with Crippen LogP contribution in [0.5, 0.6) is 5.75 Å². The van der Waals surface area contributed by atoms with E-state index in [0.717, 1.165) is 28.3 Å². The minimum Gasteiger partial charge on any atom is -0.497 e. The molecule has 1 aliphatic rings. The molecule has 0 saturated carbocycles. The van der Waals surface area contributed by atoms with Gasteiger partial charge in [-0.15, -0.1) is 0 Å². The highest BCUT2D eigenvalue weighted by Crippen LogP contribution is 2.27. The molecule has 32 heavy (non-hydrogen) atoms. The predicted octanol–water partition coefficient (Wildman–Crippen LogP) is 3.84. The first kappa shape index (κ1) is 21.9. The van der Waals surface area contributed by atoms with Crippen LogP contribution in [0.2, 0.25) is 5.02 Å². The Labute approximate surface area is 191 Å². The van der Waals surface area contributed by atoms with Crippen LogP contribution in [0.3, 0.4) is 0 Å². The van der Waals surface area contributed by atoms with Crippen molar-refractivity contribution < 1.29 is 19.1 Å². The van der Waals surface area contributed by atoms with Crippen LogP contribution in [0.15, 0.2) is 48.5 Å². The van der Waals surface area contributed by atoms with Crippen molar-refractivity contribution in [1.82, 2.24) is 14.7 Å². The fraction of sp³-hybridized carbons (Fsp3) is 0.292. The van der Waals surface area contributed by atoms with Gasteiger partial charge in [-0.25, -0.2) is 9.48 Å². The summed E-state index contributed by atoms with van der Waals surface area (Å²) in [5.41, 5.74) is 3.61. The van der Waals surface area contributed by atoms with Crippen molar-refractivity contribution in [1.29, 1.82) is 0 Å². The average molecular weight is 454 g/mol. The minimum absolute atomic E-state index is 0.00928. The second kappa shape index (κ2) is 9.44. The van der Waals surface area contributed by atoms with Crippen molar-refractivity contribution in [3.05, 3.63) is 76.1 Å². The van der Waals surface area contributed by atoms with Gasteiger partial charge in [-0.05, 0) is 48.9 Å². The van der Waals surface area contributed by atoms with Crippen molar-refractivity contribution >= 4 is 23.5 Å². The minimum atomic E-state index is -0.483. The molecule has 2 aromatic carbocycles. The summed E-state index contributed by atoms with van der Waals surface area (Å²) in [7, 11) is 1.61. The van der Waals surface area contributed by atoms with Gasteiger partial charge in [0.15, 0.2) is 5.69 Å². The molecule has 4 rings (SSSR count). The van der Waals surface area contributed by atoms with Gasteiger partial charge in [0.2, 0.25) is 5.91 Å². The number of ether oxygens (including phenoxy) is 2. The molecular weight excluding hydrogens is 430 g/mol. The van der Waals surface area contributed by atoms with Crippen LogP contribution in [-0.2, 0) is 28.9 Å². The number of aromatic nitrogens is 2. The maximum atomic E-state index is 13.0. The Bertz CT molecular complexity index is 1120. The zero-order chi connectivity index (χ0) is 22.7. The van der Waals surface area contributed by atoms with Crippen molar-refractivity contribution in [2.75, 3.05) is 20.3 Å². The lowest BCUT2D eigenvalue weighted by atomic mass is 10.0. The SMILES string of the molecule is CCOC(=O)c1nn(-c2ccc(OC)cc2)c2c1CN(C(=O)Cc1ccc(Cl)cc1)CC2. The van der Waals surface area contributed by atoms with Crippen LogP contribution in [0.1, 0.15) is 34.2 Å². The first-order chi connectivity index (χ1) is 15.5. The number of amides is 1. The van der Waals surface area contributed by atoms with E-state index in [1.165, 1.54) is 0 Å². The van der Waals surface area contributed by atoms with Gasteiger partial charge < -0.3 is 14.4 Å². The van der Waals surface area contributed by atoms with E-state index in [0.29, 0.717) is 24.5 Å². The number of methoxy groups -OCH3 is 1. The Kier molecular flexibility index (Phi) is 6.46. The molecule has 0 atom stereocenters. The number of esters is 1. The second-order valence-corrected chi connectivity index (χ2v) is 7.91. The summed E-state index contributed by atoms with van der Waals surface area (Å²) in [5, 5.41) is 5.21. The zero-order valence-electron chi connectivity index (χ0n) is 18.0. The Balaban J connectivity index is 1.63. The maximum absolute atomic E-state index is 13.0. The average Bonchev–Trinajstić information content (AvgIpc) is 3.20. The summed E-state index contributed by atoms with van der Waals surface area (Å²) in [6.45, 7) is 2.87. The van der Waals surface area contributed by atoms with E-state index in [2.05, 4.69) is 5.10 Å². The molecule has 3 aromatic rings. The van der Waals surface area contributed by atoms with E-state index in [-0.39, 0.29) is 24.6 Å². The summed E-state index contributed by atoms with van der Waals surface area (Å²) in [4.78, 5) is 27.3. The van der Waals surface area contributed by atoms with Gasteiger partial charge in [-0.1, -0.05) is 23.7 Å². The van der Waals surface area contributed by atoms with Crippen molar-refractivity contribution in [2.24, 2.45) is 0 Å². The van der Waals surface area contributed by atoms with Crippen molar-refractivity contribution in [3.63, 3.8) is 0 Å². The molecule has 0 unspecified atom stereocenters. The number of carbonyl (C=O) groups is 2. The zero-order valence-corrected chi connectivity index (χ0v) is 18.8. The lowest BCUT2D eigenvalue weighted by Crippen LogP contribution is -2.37. The van der Waals surface area contributed by atoms with Gasteiger partial charge in [0.25, 0.3) is 0 Å². The van der Waals surface area contributed by atoms with Crippen LogP contribution in [0.25, 0.3) is 5.69 Å². The smallest absolute Gasteiger partial charge is 0.359 e. The van der Waals surface area contributed by atoms with Crippen LogP contribution >= 0.6 is 11.6 Å².